The summed E-state index contributed by atoms with van der Waals surface area (Å²) in [5, 5.41) is 9.72. The summed E-state index contributed by atoms with van der Waals surface area (Å²) in [6.45, 7) is 2.41. The number of benzene rings is 2. The van der Waals surface area contributed by atoms with Crippen molar-refractivity contribution in [2.45, 2.75) is 19.8 Å². The molecule has 0 saturated carbocycles. The summed E-state index contributed by atoms with van der Waals surface area (Å²) in [5.41, 5.74) is 1.71. The van der Waals surface area contributed by atoms with E-state index < -0.39 is 0 Å². The van der Waals surface area contributed by atoms with Crippen LogP contribution in [0.5, 0.6) is 11.5 Å². The Kier molecular flexibility index (Phi) is 7.12. The summed E-state index contributed by atoms with van der Waals surface area (Å²) >= 11 is 6.58. The molecule has 8 heteroatoms. The highest BCUT2D eigenvalue weighted by molar-refractivity contribution is 8.27. The van der Waals surface area contributed by atoms with Crippen molar-refractivity contribution in [3.05, 3.63) is 58.5 Å². The zero-order chi connectivity index (χ0) is 21.7. The normalized spacial score (nSPS) is 15.0. The van der Waals surface area contributed by atoms with Crippen molar-refractivity contribution in [2.75, 3.05) is 18.6 Å². The van der Waals surface area contributed by atoms with Crippen LogP contribution in [0.15, 0.2) is 47.4 Å². The minimum atomic E-state index is -0.387. The quantitative estimate of drug-likeness (QED) is 0.286. The highest BCUT2D eigenvalue weighted by Gasteiger charge is 2.33. The molecule has 0 atom stereocenters. The number of methoxy groups -OCH3 is 1. The number of amides is 1. The van der Waals surface area contributed by atoms with E-state index in [0.717, 1.165) is 12.8 Å². The van der Waals surface area contributed by atoms with Gasteiger partial charge in [-0.05, 0) is 54.5 Å². The van der Waals surface area contributed by atoms with Crippen molar-refractivity contribution >= 4 is 51.9 Å². The van der Waals surface area contributed by atoms with Crippen LogP contribution < -0.4 is 9.64 Å². The van der Waals surface area contributed by atoms with Crippen molar-refractivity contribution in [3.8, 4) is 11.5 Å². The van der Waals surface area contributed by atoms with Crippen LogP contribution in [0.4, 0.5) is 5.69 Å². The molecule has 30 heavy (non-hydrogen) atoms. The number of thiocarbonyl (C=S) groups is 1. The fourth-order valence-electron chi connectivity index (χ4n) is 2.76. The maximum atomic E-state index is 12.9. The Hall–Kier alpha value is -2.84. The lowest BCUT2D eigenvalue weighted by Crippen LogP contribution is -2.27. The van der Waals surface area contributed by atoms with Crippen LogP contribution in [0.2, 0.25) is 0 Å². The smallest absolute Gasteiger partial charge is 0.338 e. The first kappa shape index (κ1) is 21.9. The fraction of sp³-hybridized carbons (Fsp3) is 0.227. The lowest BCUT2D eigenvalue weighted by molar-refractivity contribution is -0.113. The maximum absolute atomic E-state index is 12.9. The number of anilines is 1. The third kappa shape index (κ3) is 4.83. The molecular formula is C22H21NO5S2. The van der Waals surface area contributed by atoms with Crippen LogP contribution in [0.1, 0.15) is 35.7 Å². The second kappa shape index (κ2) is 9.77. The molecule has 156 valence electrons. The largest absolute Gasteiger partial charge is 0.504 e. The van der Waals surface area contributed by atoms with E-state index >= 15 is 0 Å². The van der Waals surface area contributed by atoms with E-state index in [9.17, 15) is 14.7 Å². The molecule has 0 aliphatic carbocycles. The maximum Gasteiger partial charge on any atom is 0.338 e. The molecule has 1 N–H and O–H groups in total. The monoisotopic (exact) mass is 443 g/mol. The van der Waals surface area contributed by atoms with E-state index in [1.54, 1.807) is 42.5 Å². The zero-order valence-electron chi connectivity index (χ0n) is 16.6. The van der Waals surface area contributed by atoms with E-state index in [0.29, 0.717) is 38.4 Å². The van der Waals surface area contributed by atoms with Crippen molar-refractivity contribution in [1.82, 2.24) is 0 Å². The Bertz CT molecular complexity index is 1000. The Morgan fingerprint density at radius 2 is 1.97 bits per heavy atom. The summed E-state index contributed by atoms with van der Waals surface area (Å²) in [7, 11) is 1.46. The molecule has 1 aliphatic rings. The van der Waals surface area contributed by atoms with Gasteiger partial charge in [-0.25, -0.2) is 4.79 Å². The molecule has 3 rings (SSSR count). The lowest BCUT2D eigenvalue weighted by atomic mass is 10.1. The Balaban J connectivity index is 1.77. The number of phenolic OH excluding ortho intramolecular Hbond substituents is 1. The van der Waals surface area contributed by atoms with E-state index in [2.05, 4.69) is 0 Å². The number of esters is 1. The first-order valence-electron chi connectivity index (χ1n) is 9.36. The molecule has 0 bridgehead atoms. The van der Waals surface area contributed by atoms with Crippen molar-refractivity contribution in [3.63, 3.8) is 0 Å². The highest BCUT2D eigenvalue weighted by Crippen LogP contribution is 2.37. The van der Waals surface area contributed by atoms with Gasteiger partial charge in [-0.15, -0.1) is 0 Å². The van der Waals surface area contributed by atoms with Crippen LogP contribution in [0.3, 0.4) is 0 Å². The third-order valence-corrected chi connectivity index (χ3v) is 5.69. The number of aromatic hydroxyl groups is 1. The van der Waals surface area contributed by atoms with Crippen LogP contribution in [0.25, 0.3) is 6.08 Å². The first-order valence-corrected chi connectivity index (χ1v) is 10.6. The van der Waals surface area contributed by atoms with Gasteiger partial charge in [0.05, 0.1) is 29.9 Å². The molecule has 2 aromatic carbocycles. The summed E-state index contributed by atoms with van der Waals surface area (Å²) in [6.07, 6.45) is 3.46. The van der Waals surface area contributed by atoms with Gasteiger partial charge in [0.25, 0.3) is 5.91 Å². The van der Waals surface area contributed by atoms with Crippen molar-refractivity contribution < 1.29 is 24.2 Å². The highest BCUT2D eigenvalue weighted by atomic mass is 32.2. The van der Waals surface area contributed by atoms with E-state index in [-0.39, 0.29) is 17.6 Å². The number of carbonyl (C=O) groups excluding carboxylic acids is 2. The van der Waals surface area contributed by atoms with E-state index in [1.165, 1.54) is 29.8 Å². The molecule has 0 unspecified atom stereocenters. The topological polar surface area (TPSA) is 76.1 Å². The molecule has 0 aromatic heterocycles. The third-order valence-electron chi connectivity index (χ3n) is 4.39. The van der Waals surface area contributed by atoms with Gasteiger partial charge in [0.1, 0.15) is 0 Å². The number of unbranched alkanes of at least 4 members (excludes halogenated alkanes) is 1. The standard InChI is InChI=1S/C22H21NO5S2/c1-3-4-11-28-21(26)15-6-8-16(9-7-15)23-20(25)19(30-22(23)29)13-14-5-10-17(24)18(12-14)27-2/h5-10,12-13,24H,3-4,11H2,1-2H3/b19-13-. The number of phenols is 1. The average molecular weight is 444 g/mol. The van der Waals surface area contributed by atoms with Gasteiger partial charge in [-0.1, -0.05) is 43.4 Å². The minimum absolute atomic E-state index is 0.0236. The number of nitrogens with zero attached hydrogens (tertiary/aromatic N) is 1. The second-order valence-electron chi connectivity index (χ2n) is 6.48. The van der Waals surface area contributed by atoms with Gasteiger partial charge in [0, 0.05) is 0 Å². The molecule has 0 radical (unpaired) electrons. The first-order chi connectivity index (χ1) is 14.4. The molecule has 1 amide bonds. The van der Waals surface area contributed by atoms with Crippen LogP contribution >= 0.6 is 24.0 Å². The molecule has 0 spiro atoms. The number of hydrogen-bond acceptors (Lipinski definition) is 7. The number of rotatable bonds is 7. The second-order valence-corrected chi connectivity index (χ2v) is 8.16. The SMILES string of the molecule is CCCCOC(=O)c1ccc(N2C(=O)/C(=C/c3ccc(O)c(OC)c3)SC2=S)cc1. The Morgan fingerprint density at radius 3 is 2.63 bits per heavy atom. The molecule has 1 heterocycles. The number of ether oxygens (including phenoxy) is 2. The van der Waals surface area contributed by atoms with Crippen molar-refractivity contribution in [2.24, 2.45) is 0 Å². The summed E-state index contributed by atoms with van der Waals surface area (Å²) in [5.74, 6) is -0.298. The molecule has 1 fully saturated rings. The fourth-order valence-corrected chi connectivity index (χ4v) is 4.06. The lowest BCUT2D eigenvalue weighted by Gasteiger charge is -2.15. The molecule has 6 nitrogen and oxygen atoms in total. The minimum Gasteiger partial charge on any atom is -0.504 e. The van der Waals surface area contributed by atoms with Gasteiger partial charge in [-0.3, -0.25) is 9.69 Å². The van der Waals surface area contributed by atoms with Gasteiger partial charge >= 0.3 is 5.97 Å². The van der Waals surface area contributed by atoms with Crippen molar-refractivity contribution in [1.29, 1.82) is 0 Å². The van der Waals surface area contributed by atoms with E-state index in [1.807, 2.05) is 6.92 Å². The zero-order valence-corrected chi connectivity index (χ0v) is 18.2. The van der Waals surface area contributed by atoms with Crippen LogP contribution in [0, 0.1) is 0 Å². The number of carbonyl (C=O) groups is 2. The molecule has 1 saturated heterocycles. The number of hydrogen-bond donors (Lipinski definition) is 1. The predicted molar refractivity (Wildman–Crippen MR) is 122 cm³/mol. The molecule has 2 aromatic rings. The van der Waals surface area contributed by atoms with E-state index in [4.69, 9.17) is 21.7 Å². The molecular weight excluding hydrogens is 422 g/mol. The van der Waals surface area contributed by atoms with Gasteiger partial charge < -0.3 is 14.6 Å². The number of thioether (sulfide) groups is 1. The van der Waals surface area contributed by atoms with Gasteiger partial charge in [-0.2, -0.15) is 0 Å². The van der Waals surface area contributed by atoms with Crippen LogP contribution in [-0.4, -0.2) is 35.0 Å². The van der Waals surface area contributed by atoms with Crippen LogP contribution in [-0.2, 0) is 9.53 Å². The average Bonchev–Trinajstić information content (AvgIpc) is 3.02. The Morgan fingerprint density at radius 1 is 1.23 bits per heavy atom. The van der Waals surface area contributed by atoms with Gasteiger partial charge in [0.2, 0.25) is 0 Å². The Labute approximate surface area is 184 Å². The predicted octanol–water partition coefficient (Wildman–Crippen LogP) is 4.76. The summed E-state index contributed by atoms with van der Waals surface area (Å²) < 4.78 is 10.7. The summed E-state index contributed by atoms with van der Waals surface area (Å²) in [4.78, 5) is 26.8. The van der Waals surface area contributed by atoms with Gasteiger partial charge in [0.15, 0.2) is 15.8 Å². The summed E-state index contributed by atoms with van der Waals surface area (Å²) in [6, 6.07) is 11.4. The molecule has 1 aliphatic heterocycles.